The van der Waals surface area contributed by atoms with Gasteiger partial charge in [-0.15, -0.1) is 0 Å². The predicted octanol–water partition coefficient (Wildman–Crippen LogP) is 3.34. The van der Waals surface area contributed by atoms with Crippen LogP contribution in [-0.4, -0.2) is 12.7 Å². The zero-order valence-electron chi connectivity index (χ0n) is 9.71. The quantitative estimate of drug-likeness (QED) is 0.639. The van der Waals surface area contributed by atoms with Crippen LogP contribution in [0.15, 0.2) is 0 Å². The van der Waals surface area contributed by atoms with Crippen molar-refractivity contribution in [2.45, 2.75) is 47.1 Å². The second-order valence-corrected chi connectivity index (χ2v) is 5.09. The van der Waals surface area contributed by atoms with Crippen molar-refractivity contribution in [3.8, 4) is 0 Å². The average molecular weight is 184 g/mol. The smallest absolute Gasteiger partial charge is 0.0580 e. The van der Waals surface area contributed by atoms with Gasteiger partial charge in [0, 0.05) is 6.61 Å². The van der Waals surface area contributed by atoms with Crippen LogP contribution >= 0.6 is 0 Å². The second-order valence-electron chi connectivity index (χ2n) is 5.09. The van der Waals surface area contributed by atoms with Crippen LogP contribution in [0.1, 0.15) is 41.0 Å². The van der Waals surface area contributed by atoms with Crippen LogP contribution in [0.2, 0.25) is 0 Å². The lowest BCUT2D eigenvalue weighted by Crippen LogP contribution is -2.39. The highest BCUT2D eigenvalue weighted by molar-refractivity contribution is 4.83. The normalized spacial score (nSPS) is 35.8. The summed E-state index contributed by atoms with van der Waals surface area (Å²) in [5.41, 5.74) is 0. The van der Waals surface area contributed by atoms with Gasteiger partial charge in [0.25, 0.3) is 0 Å². The minimum absolute atomic E-state index is 0.459. The Kier molecular flexibility index (Phi) is 3.78. The summed E-state index contributed by atoms with van der Waals surface area (Å²) in [6, 6.07) is 0. The first-order chi connectivity index (χ1) is 6.04. The van der Waals surface area contributed by atoms with Crippen LogP contribution in [0.5, 0.6) is 0 Å². The number of hydrogen-bond acceptors (Lipinski definition) is 1. The highest BCUT2D eigenvalue weighted by Crippen LogP contribution is 2.37. The third-order valence-corrected chi connectivity index (χ3v) is 3.49. The lowest BCUT2D eigenvalue weighted by molar-refractivity contribution is -0.0747. The highest BCUT2D eigenvalue weighted by atomic mass is 16.5. The molecule has 1 aliphatic heterocycles. The molecule has 0 aromatic carbocycles. The molecule has 0 aliphatic carbocycles. The lowest BCUT2D eigenvalue weighted by Gasteiger charge is -2.41. The summed E-state index contributed by atoms with van der Waals surface area (Å²) >= 11 is 0. The molecule has 1 rings (SSSR count). The fourth-order valence-corrected chi connectivity index (χ4v) is 2.86. The standard InChI is InChI=1S/C12H24O/c1-8(2)11-6-7-13-10(5)12(11)9(3)4/h8-12H,6-7H2,1-5H3/t10-,11+,12+/m0/s1. The van der Waals surface area contributed by atoms with E-state index in [1.54, 1.807) is 0 Å². The first-order valence-electron chi connectivity index (χ1n) is 5.65. The summed E-state index contributed by atoms with van der Waals surface area (Å²) in [4.78, 5) is 0. The average Bonchev–Trinajstić information content (AvgIpc) is 2.02. The van der Waals surface area contributed by atoms with Crippen LogP contribution in [0, 0.1) is 23.7 Å². The van der Waals surface area contributed by atoms with E-state index in [1.165, 1.54) is 6.42 Å². The molecule has 0 unspecified atom stereocenters. The Bertz CT molecular complexity index is 151. The monoisotopic (exact) mass is 184 g/mol. The molecule has 1 fully saturated rings. The van der Waals surface area contributed by atoms with Gasteiger partial charge in [-0.3, -0.25) is 0 Å². The molecule has 1 saturated heterocycles. The molecule has 1 aliphatic rings. The van der Waals surface area contributed by atoms with E-state index < -0.39 is 0 Å². The van der Waals surface area contributed by atoms with Gasteiger partial charge in [-0.1, -0.05) is 27.7 Å². The topological polar surface area (TPSA) is 9.23 Å². The van der Waals surface area contributed by atoms with E-state index in [0.29, 0.717) is 6.10 Å². The Hall–Kier alpha value is -0.0400. The van der Waals surface area contributed by atoms with Crippen molar-refractivity contribution in [1.29, 1.82) is 0 Å². The van der Waals surface area contributed by atoms with Gasteiger partial charge in [0.2, 0.25) is 0 Å². The van der Waals surface area contributed by atoms with Gasteiger partial charge in [0.05, 0.1) is 6.10 Å². The molecule has 13 heavy (non-hydrogen) atoms. The van der Waals surface area contributed by atoms with Crippen molar-refractivity contribution < 1.29 is 4.74 Å². The molecule has 1 heterocycles. The van der Waals surface area contributed by atoms with Crippen LogP contribution in [0.3, 0.4) is 0 Å². The summed E-state index contributed by atoms with van der Waals surface area (Å²) in [5.74, 6) is 3.18. The molecule has 1 heteroatoms. The zero-order valence-corrected chi connectivity index (χ0v) is 9.71. The molecule has 3 atom stereocenters. The Morgan fingerprint density at radius 3 is 2.08 bits per heavy atom. The molecule has 0 saturated carbocycles. The highest BCUT2D eigenvalue weighted by Gasteiger charge is 2.34. The van der Waals surface area contributed by atoms with Crippen molar-refractivity contribution in [1.82, 2.24) is 0 Å². The van der Waals surface area contributed by atoms with E-state index >= 15 is 0 Å². The van der Waals surface area contributed by atoms with Crippen molar-refractivity contribution in [2.24, 2.45) is 23.7 Å². The summed E-state index contributed by atoms with van der Waals surface area (Å²) in [7, 11) is 0. The fraction of sp³-hybridized carbons (Fsp3) is 1.00. The van der Waals surface area contributed by atoms with Crippen LogP contribution in [0.4, 0.5) is 0 Å². The molecule has 0 spiro atoms. The minimum atomic E-state index is 0.459. The number of hydrogen-bond donors (Lipinski definition) is 0. The summed E-state index contributed by atoms with van der Waals surface area (Å²) < 4.78 is 5.73. The molecule has 0 aromatic rings. The molecule has 78 valence electrons. The Morgan fingerprint density at radius 1 is 1.08 bits per heavy atom. The fourth-order valence-electron chi connectivity index (χ4n) is 2.86. The Labute approximate surface area is 82.9 Å². The maximum absolute atomic E-state index is 5.73. The third kappa shape index (κ3) is 2.46. The largest absolute Gasteiger partial charge is 0.378 e. The molecule has 1 nitrogen and oxygen atoms in total. The van der Waals surface area contributed by atoms with Gasteiger partial charge >= 0.3 is 0 Å². The molecular weight excluding hydrogens is 160 g/mol. The first kappa shape index (κ1) is 11.0. The van der Waals surface area contributed by atoms with Crippen molar-refractivity contribution >= 4 is 0 Å². The Balaban J connectivity index is 2.68. The first-order valence-corrected chi connectivity index (χ1v) is 5.65. The minimum Gasteiger partial charge on any atom is -0.378 e. The maximum atomic E-state index is 5.73. The molecule has 0 aromatic heterocycles. The van der Waals surface area contributed by atoms with Gasteiger partial charge in [-0.25, -0.2) is 0 Å². The molecule has 0 N–H and O–H groups in total. The van der Waals surface area contributed by atoms with Gasteiger partial charge in [0.1, 0.15) is 0 Å². The van der Waals surface area contributed by atoms with Crippen LogP contribution in [-0.2, 0) is 4.74 Å². The molecular formula is C12H24O. The van der Waals surface area contributed by atoms with Gasteiger partial charge < -0.3 is 4.74 Å². The number of ether oxygens (including phenoxy) is 1. The molecule has 0 radical (unpaired) electrons. The summed E-state index contributed by atoms with van der Waals surface area (Å²) in [6.45, 7) is 12.5. The van der Waals surface area contributed by atoms with E-state index in [1.807, 2.05) is 0 Å². The second kappa shape index (κ2) is 4.45. The zero-order chi connectivity index (χ0) is 10.0. The van der Waals surface area contributed by atoms with Gasteiger partial charge in [0.15, 0.2) is 0 Å². The predicted molar refractivity (Wildman–Crippen MR) is 56.7 cm³/mol. The Morgan fingerprint density at radius 2 is 1.69 bits per heavy atom. The van der Waals surface area contributed by atoms with Crippen LogP contribution in [0.25, 0.3) is 0 Å². The number of rotatable bonds is 2. The maximum Gasteiger partial charge on any atom is 0.0580 e. The molecule has 0 amide bonds. The summed E-state index contributed by atoms with van der Waals surface area (Å²) in [6.07, 6.45) is 1.71. The van der Waals surface area contributed by atoms with Gasteiger partial charge in [-0.05, 0) is 37.0 Å². The van der Waals surface area contributed by atoms with E-state index in [9.17, 15) is 0 Å². The van der Waals surface area contributed by atoms with Crippen molar-refractivity contribution in [2.75, 3.05) is 6.61 Å². The lowest BCUT2D eigenvalue weighted by atomic mass is 9.72. The van der Waals surface area contributed by atoms with E-state index in [0.717, 1.165) is 30.3 Å². The third-order valence-electron chi connectivity index (χ3n) is 3.49. The summed E-state index contributed by atoms with van der Waals surface area (Å²) in [5, 5.41) is 0. The van der Waals surface area contributed by atoms with Crippen molar-refractivity contribution in [3.63, 3.8) is 0 Å². The van der Waals surface area contributed by atoms with Crippen LogP contribution < -0.4 is 0 Å². The van der Waals surface area contributed by atoms with E-state index in [2.05, 4.69) is 34.6 Å². The van der Waals surface area contributed by atoms with Crippen molar-refractivity contribution in [3.05, 3.63) is 0 Å². The van der Waals surface area contributed by atoms with E-state index in [4.69, 9.17) is 4.74 Å². The van der Waals surface area contributed by atoms with Gasteiger partial charge in [-0.2, -0.15) is 0 Å². The SMILES string of the molecule is CC(C)[C@@H]1[C@H](C)OCC[C@@H]1C(C)C. The molecule has 0 bridgehead atoms. The van der Waals surface area contributed by atoms with E-state index in [-0.39, 0.29) is 0 Å².